The van der Waals surface area contributed by atoms with Gasteiger partial charge in [0.2, 0.25) is 0 Å². The van der Waals surface area contributed by atoms with Crippen molar-refractivity contribution in [3.05, 3.63) is 29.8 Å². The molecule has 0 bridgehead atoms. The van der Waals surface area contributed by atoms with Crippen molar-refractivity contribution in [1.82, 2.24) is 0 Å². The van der Waals surface area contributed by atoms with Gasteiger partial charge in [-0.2, -0.15) is 0 Å². The number of nitrogens with two attached hydrogens (primary N) is 1. The predicted octanol–water partition coefficient (Wildman–Crippen LogP) is 1.30. The zero-order valence-corrected chi connectivity index (χ0v) is 10.5. The van der Waals surface area contributed by atoms with Crippen LogP contribution >= 0.6 is 12.4 Å². The van der Waals surface area contributed by atoms with E-state index in [4.69, 9.17) is 16.2 Å². The van der Waals surface area contributed by atoms with Crippen LogP contribution in [-0.2, 0) is 4.79 Å². The van der Waals surface area contributed by atoms with Crippen molar-refractivity contribution in [1.29, 1.82) is 5.41 Å². The summed E-state index contributed by atoms with van der Waals surface area (Å²) in [4.78, 5) is 12.4. The van der Waals surface area contributed by atoms with Crippen molar-refractivity contribution in [3.8, 4) is 0 Å². The minimum Gasteiger partial charge on any atom is -0.480 e. The van der Waals surface area contributed by atoms with Crippen molar-refractivity contribution in [3.63, 3.8) is 0 Å². The van der Waals surface area contributed by atoms with Crippen LogP contribution in [-0.4, -0.2) is 30.0 Å². The maximum Gasteiger partial charge on any atom is 0.326 e. The number of hydrogen-bond acceptors (Lipinski definition) is 3. The third kappa shape index (κ3) is 3.64. The Bertz CT molecular complexity index is 423. The second kappa shape index (κ2) is 6.10. The van der Waals surface area contributed by atoms with Gasteiger partial charge in [0, 0.05) is 18.3 Å². The van der Waals surface area contributed by atoms with Gasteiger partial charge in [-0.05, 0) is 19.1 Å². The van der Waals surface area contributed by atoms with E-state index < -0.39 is 12.0 Å². The van der Waals surface area contributed by atoms with Gasteiger partial charge in [-0.25, -0.2) is 4.79 Å². The number of rotatable bonds is 4. The summed E-state index contributed by atoms with van der Waals surface area (Å²) in [7, 11) is 1.69. The van der Waals surface area contributed by atoms with Gasteiger partial charge in [0.25, 0.3) is 0 Å². The number of benzene rings is 1. The van der Waals surface area contributed by atoms with E-state index in [2.05, 4.69) is 0 Å². The highest BCUT2D eigenvalue weighted by Gasteiger charge is 2.17. The fourth-order valence-electron chi connectivity index (χ4n) is 1.28. The number of carboxylic acid groups (broad SMARTS) is 1. The Kier molecular flexibility index (Phi) is 5.47. The molecule has 0 aromatic heterocycles. The van der Waals surface area contributed by atoms with Crippen molar-refractivity contribution in [2.45, 2.75) is 13.0 Å². The Morgan fingerprint density at radius 3 is 2.59 bits per heavy atom. The van der Waals surface area contributed by atoms with Crippen molar-refractivity contribution < 1.29 is 9.90 Å². The van der Waals surface area contributed by atoms with E-state index in [1.807, 2.05) is 0 Å². The number of nitrogen functional groups attached to an aromatic ring is 1. The standard InChI is InChI=1S/C11H15N3O2.ClH/c1-7(11(15)16)14(2)9-5-3-4-8(6-9)10(12)13;/h3-7H,1-2H3,(H3,12,13)(H,15,16);1H/t7-;/m1./s1. The Labute approximate surface area is 106 Å². The molecule has 0 saturated heterocycles. The molecule has 4 N–H and O–H groups in total. The second-order valence-electron chi connectivity index (χ2n) is 3.59. The first-order valence-corrected chi connectivity index (χ1v) is 4.83. The number of halogens is 1. The number of nitrogens with zero attached hydrogens (tertiary/aromatic N) is 1. The monoisotopic (exact) mass is 257 g/mol. The molecule has 1 aromatic rings. The van der Waals surface area contributed by atoms with Crippen LogP contribution in [0.4, 0.5) is 5.69 Å². The number of hydrogen-bond donors (Lipinski definition) is 3. The van der Waals surface area contributed by atoms with E-state index in [1.165, 1.54) is 0 Å². The lowest BCUT2D eigenvalue weighted by Crippen LogP contribution is -2.35. The molecule has 5 nitrogen and oxygen atoms in total. The normalized spacial score (nSPS) is 11.2. The number of nitrogens with one attached hydrogen (secondary N) is 1. The van der Waals surface area contributed by atoms with Crippen LogP contribution in [0.15, 0.2) is 24.3 Å². The fraction of sp³-hybridized carbons (Fsp3) is 0.273. The summed E-state index contributed by atoms with van der Waals surface area (Å²) in [6.07, 6.45) is 0. The van der Waals surface area contributed by atoms with Gasteiger partial charge in [-0.1, -0.05) is 12.1 Å². The second-order valence-corrected chi connectivity index (χ2v) is 3.59. The van der Waals surface area contributed by atoms with Gasteiger partial charge in [0.15, 0.2) is 0 Å². The maximum absolute atomic E-state index is 10.8. The molecule has 0 fully saturated rings. The van der Waals surface area contributed by atoms with Crippen LogP contribution in [0.2, 0.25) is 0 Å². The molecule has 1 rings (SSSR count). The average molecular weight is 258 g/mol. The highest BCUT2D eigenvalue weighted by molar-refractivity contribution is 5.96. The minimum atomic E-state index is -0.893. The highest BCUT2D eigenvalue weighted by atomic mass is 35.5. The Morgan fingerprint density at radius 1 is 1.53 bits per heavy atom. The summed E-state index contributed by atoms with van der Waals surface area (Å²) in [5, 5.41) is 16.2. The SMILES string of the molecule is C[C@H](C(=O)O)N(C)c1cccc(C(=N)N)c1.Cl. The summed E-state index contributed by atoms with van der Waals surface area (Å²) >= 11 is 0. The quantitative estimate of drug-likeness (QED) is 0.560. The molecule has 0 heterocycles. The van der Waals surface area contributed by atoms with Crippen LogP contribution < -0.4 is 10.6 Å². The van der Waals surface area contributed by atoms with Gasteiger partial charge >= 0.3 is 5.97 Å². The Balaban J connectivity index is 0.00000256. The highest BCUT2D eigenvalue weighted by Crippen LogP contribution is 2.16. The topological polar surface area (TPSA) is 90.4 Å². The number of aliphatic carboxylic acids is 1. The summed E-state index contributed by atoms with van der Waals surface area (Å²) < 4.78 is 0. The third-order valence-corrected chi connectivity index (χ3v) is 2.50. The van der Waals surface area contributed by atoms with Gasteiger partial charge < -0.3 is 15.7 Å². The Hall–Kier alpha value is -1.75. The summed E-state index contributed by atoms with van der Waals surface area (Å²) in [5.41, 5.74) is 6.68. The molecule has 0 aliphatic heterocycles. The van der Waals surface area contributed by atoms with Crippen LogP contribution in [0.5, 0.6) is 0 Å². The number of anilines is 1. The number of amidine groups is 1. The molecule has 1 atom stereocenters. The first-order valence-electron chi connectivity index (χ1n) is 4.83. The minimum absolute atomic E-state index is 0. The number of carbonyl (C=O) groups is 1. The van der Waals surface area contributed by atoms with Gasteiger partial charge in [-0.3, -0.25) is 5.41 Å². The van der Waals surface area contributed by atoms with Crippen LogP contribution in [0.3, 0.4) is 0 Å². The molecule has 0 radical (unpaired) electrons. The summed E-state index contributed by atoms with van der Waals surface area (Å²) in [6, 6.07) is 6.32. The molecular formula is C11H16ClN3O2. The molecular weight excluding hydrogens is 242 g/mol. The third-order valence-electron chi connectivity index (χ3n) is 2.50. The molecule has 0 unspecified atom stereocenters. The molecule has 1 aromatic carbocycles. The van der Waals surface area contributed by atoms with E-state index >= 15 is 0 Å². The maximum atomic E-state index is 10.8. The van der Waals surface area contributed by atoms with E-state index in [0.29, 0.717) is 5.56 Å². The van der Waals surface area contributed by atoms with E-state index in [-0.39, 0.29) is 18.2 Å². The summed E-state index contributed by atoms with van der Waals surface area (Å²) in [6.45, 7) is 1.60. The van der Waals surface area contributed by atoms with Crippen LogP contribution in [0.25, 0.3) is 0 Å². The average Bonchev–Trinajstić information content (AvgIpc) is 2.27. The lowest BCUT2D eigenvalue weighted by atomic mass is 10.1. The fourth-order valence-corrected chi connectivity index (χ4v) is 1.28. The molecule has 0 aliphatic carbocycles. The number of carboxylic acids is 1. The molecule has 0 spiro atoms. The lowest BCUT2D eigenvalue weighted by Gasteiger charge is -2.24. The zero-order valence-electron chi connectivity index (χ0n) is 9.68. The van der Waals surface area contributed by atoms with E-state index in [9.17, 15) is 4.79 Å². The first-order chi connectivity index (χ1) is 7.43. The van der Waals surface area contributed by atoms with Gasteiger partial charge in [0.05, 0.1) is 0 Å². The summed E-state index contributed by atoms with van der Waals surface area (Å²) in [5.74, 6) is -0.922. The van der Waals surface area contributed by atoms with Crippen molar-refractivity contribution in [2.75, 3.05) is 11.9 Å². The lowest BCUT2D eigenvalue weighted by molar-refractivity contribution is -0.138. The van der Waals surface area contributed by atoms with Crippen molar-refractivity contribution in [2.24, 2.45) is 5.73 Å². The molecule has 0 saturated carbocycles. The number of likely N-dealkylation sites (N-methyl/N-ethyl adjacent to an activating group) is 1. The van der Waals surface area contributed by atoms with Gasteiger partial charge in [0.1, 0.15) is 11.9 Å². The molecule has 94 valence electrons. The predicted molar refractivity (Wildman–Crippen MR) is 70.2 cm³/mol. The Morgan fingerprint density at radius 2 is 2.12 bits per heavy atom. The van der Waals surface area contributed by atoms with E-state index in [0.717, 1.165) is 5.69 Å². The molecule has 6 heteroatoms. The molecule has 17 heavy (non-hydrogen) atoms. The van der Waals surface area contributed by atoms with Gasteiger partial charge in [-0.15, -0.1) is 12.4 Å². The van der Waals surface area contributed by atoms with Crippen LogP contribution in [0, 0.1) is 5.41 Å². The molecule has 0 aliphatic rings. The van der Waals surface area contributed by atoms with E-state index in [1.54, 1.807) is 43.1 Å². The first kappa shape index (κ1) is 15.2. The largest absolute Gasteiger partial charge is 0.480 e. The molecule has 0 amide bonds. The smallest absolute Gasteiger partial charge is 0.326 e. The van der Waals surface area contributed by atoms with Crippen molar-refractivity contribution >= 4 is 29.9 Å². The zero-order chi connectivity index (χ0) is 12.3. The van der Waals surface area contributed by atoms with Crippen LogP contribution in [0.1, 0.15) is 12.5 Å².